The number of unbranched alkanes of at least 4 members (excludes halogenated alkanes) is 10. The second-order valence-corrected chi connectivity index (χ2v) is 16.8. The fourth-order valence-corrected chi connectivity index (χ4v) is 10.7. The van der Waals surface area contributed by atoms with Crippen LogP contribution >= 0.6 is 23.5 Å². The highest BCUT2D eigenvalue weighted by atomic mass is 32.2. The van der Waals surface area contributed by atoms with E-state index in [1.807, 2.05) is 11.8 Å². The summed E-state index contributed by atoms with van der Waals surface area (Å²) in [6.07, 6.45) is 17.6. The molecule has 2 aliphatic carbocycles. The molecule has 0 fully saturated rings. The van der Waals surface area contributed by atoms with Crippen LogP contribution in [0.4, 0.5) is 0 Å². The van der Waals surface area contributed by atoms with Gasteiger partial charge in [-0.1, -0.05) is 163 Å². The zero-order valence-corrected chi connectivity index (χ0v) is 32.4. The number of benzene rings is 5. The summed E-state index contributed by atoms with van der Waals surface area (Å²) in [7, 11) is 0. The van der Waals surface area contributed by atoms with E-state index < -0.39 is 0 Å². The van der Waals surface area contributed by atoms with Crippen molar-refractivity contribution in [1.82, 2.24) is 0 Å². The number of para-hydroxylation sites is 1. The first-order valence-corrected chi connectivity index (χ1v) is 21.7. The molecular weight excluding hydrogens is 657 g/mol. The van der Waals surface area contributed by atoms with Crippen LogP contribution in [0.1, 0.15) is 113 Å². The molecule has 3 heteroatoms. The van der Waals surface area contributed by atoms with Crippen LogP contribution in [0.3, 0.4) is 0 Å². The zero-order chi connectivity index (χ0) is 35.0. The summed E-state index contributed by atoms with van der Waals surface area (Å²) in [5, 5.41) is 12.4. The molecule has 0 atom stereocenters. The number of phenols is 1. The lowest BCUT2D eigenvalue weighted by Crippen LogP contribution is -1.97. The molecule has 264 valence electrons. The molecule has 0 radical (unpaired) electrons. The highest BCUT2D eigenvalue weighted by Crippen LogP contribution is 2.53. The standard InChI is InChI=1S/C48H54OS2/c1-3-5-7-9-11-17-29-50-44-33-45(51-30-18-12-10-8-6-4-2)47(43-32-35-22-14-16-24-37(35)46(43)44)41-28-20-27-40(48(41)49)39-26-19-25-38-36-23-15-13-21-34(36)31-42(38)39/h13-16,19-28,33,49H,3-12,17-18,29-32H2,1-2H3. The molecule has 0 amide bonds. The Hall–Kier alpha value is -3.40. The van der Waals surface area contributed by atoms with Crippen molar-refractivity contribution in [2.24, 2.45) is 0 Å². The summed E-state index contributed by atoms with van der Waals surface area (Å²) in [5.74, 6) is 2.68. The second kappa shape index (κ2) is 17.4. The average Bonchev–Trinajstić information content (AvgIpc) is 3.74. The maximum Gasteiger partial charge on any atom is 0.131 e. The van der Waals surface area contributed by atoms with Crippen LogP contribution in [0.2, 0.25) is 0 Å². The third kappa shape index (κ3) is 7.86. The maximum atomic E-state index is 12.4. The van der Waals surface area contributed by atoms with E-state index in [2.05, 4.69) is 117 Å². The molecule has 0 aliphatic heterocycles. The third-order valence-corrected chi connectivity index (χ3v) is 13.2. The van der Waals surface area contributed by atoms with Gasteiger partial charge in [0.05, 0.1) is 0 Å². The van der Waals surface area contributed by atoms with E-state index in [1.165, 1.54) is 137 Å². The monoisotopic (exact) mass is 710 g/mol. The number of aromatic hydroxyl groups is 1. The molecule has 0 bridgehead atoms. The van der Waals surface area contributed by atoms with Crippen LogP contribution in [0.5, 0.6) is 5.75 Å². The van der Waals surface area contributed by atoms with Gasteiger partial charge < -0.3 is 5.11 Å². The fraction of sp³-hybridized carbons (Fsp3) is 0.375. The van der Waals surface area contributed by atoms with E-state index in [0.29, 0.717) is 5.75 Å². The van der Waals surface area contributed by atoms with Gasteiger partial charge >= 0.3 is 0 Å². The quantitative estimate of drug-likeness (QED) is 0.0707. The van der Waals surface area contributed by atoms with Crippen molar-refractivity contribution in [3.8, 4) is 50.3 Å². The molecule has 1 N–H and O–H groups in total. The normalized spacial score (nSPS) is 12.5. The Morgan fingerprint density at radius 3 is 1.55 bits per heavy atom. The van der Waals surface area contributed by atoms with Crippen molar-refractivity contribution in [1.29, 1.82) is 0 Å². The minimum absolute atomic E-state index is 0.411. The molecule has 0 saturated heterocycles. The Morgan fingerprint density at radius 1 is 0.451 bits per heavy atom. The lowest BCUT2D eigenvalue weighted by molar-refractivity contribution is 0.479. The van der Waals surface area contributed by atoms with E-state index >= 15 is 0 Å². The lowest BCUT2D eigenvalue weighted by atomic mass is 9.90. The Bertz CT molecular complexity index is 1960. The van der Waals surface area contributed by atoms with Crippen molar-refractivity contribution in [3.05, 3.63) is 113 Å². The number of thioether (sulfide) groups is 2. The molecule has 51 heavy (non-hydrogen) atoms. The Balaban J connectivity index is 1.28. The Morgan fingerprint density at radius 2 is 0.902 bits per heavy atom. The van der Waals surface area contributed by atoms with E-state index in [-0.39, 0.29) is 0 Å². The molecule has 5 aromatic rings. The molecule has 2 aliphatic rings. The van der Waals surface area contributed by atoms with Gasteiger partial charge in [0.1, 0.15) is 5.75 Å². The van der Waals surface area contributed by atoms with Crippen molar-refractivity contribution < 1.29 is 5.11 Å². The van der Waals surface area contributed by atoms with Crippen LogP contribution in [-0.2, 0) is 12.8 Å². The number of phenolic OH excluding ortho intramolecular Hbond substituents is 1. The van der Waals surface area contributed by atoms with Crippen LogP contribution in [0, 0.1) is 0 Å². The van der Waals surface area contributed by atoms with Crippen molar-refractivity contribution in [3.63, 3.8) is 0 Å². The minimum atomic E-state index is 0.411. The molecule has 7 rings (SSSR count). The fourth-order valence-electron chi connectivity index (χ4n) is 8.29. The van der Waals surface area contributed by atoms with Crippen molar-refractivity contribution in [2.75, 3.05) is 11.5 Å². The molecular formula is C48H54OS2. The first-order chi connectivity index (χ1) is 25.2. The molecule has 0 aromatic heterocycles. The summed E-state index contributed by atoms with van der Waals surface area (Å²) in [4.78, 5) is 2.76. The van der Waals surface area contributed by atoms with Crippen LogP contribution in [-0.4, -0.2) is 16.6 Å². The summed E-state index contributed by atoms with van der Waals surface area (Å²) in [5.41, 5.74) is 15.2. The zero-order valence-electron chi connectivity index (χ0n) is 30.7. The van der Waals surface area contributed by atoms with Gasteiger partial charge in [-0.3, -0.25) is 0 Å². The summed E-state index contributed by atoms with van der Waals surface area (Å²) in [6.45, 7) is 4.59. The summed E-state index contributed by atoms with van der Waals surface area (Å²) >= 11 is 4.07. The third-order valence-electron chi connectivity index (χ3n) is 11.0. The number of hydrogen-bond acceptors (Lipinski definition) is 3. The predicted octanol–water partition coefficient (Wildman–Crippen LogP) is 14.8. The average molecular weight is 711 g/mol. The van der Waals surface area contributed by atoms with Crippen LogP contribution in [0.25, 0.3) is 44.5 Å². The first-order valence-electron chi connectivity index (χ1n) is 19.8. The number of fused-ring (bicyclic) bond motifs is 6. The Labute approximate surface area is 315 Å². The van der Waals surface area contributed by atoms with Gasteiger partial charge in [0.25, 0.3) is 0 Å². The lowest BCUT2D eigenvalue weighted by Gasteiger charge is -2.21. The summed E-state index contributed by atoms with van der Waals surface area (Å²) in [6, 6.07) is 33.4. The highest BCUT2D eigenvalue weighted by Gasteiger charge is 2.30. The van der Waals surface area contributed by atoms with Gasteiger partial charge in [-0.15, -0.1) is 23.5 Å². The topological polar surface area (TPSA) is 20.2 Å². The van der Waals surface area contributed by atoms with Gasteiger partial charge in [-0.2, -0.15) is 0 Å². The van der Waals surface area contributed by atoms with E-state index in [4.69, 9.17) is 0 Å². The molecule has 0 unspecified atom stereocenters. The van der Waals surface area contributed by atoms with E-state index in [9.17, 15) is 5.11 Å². The number of rotatable bonds is 18. The highest BCUT2D eigenvalue weighted by molar-refractivity contribution is 8.00. The van der Waals surface area contributed by atoms with Gasteiger partial charge in [-0.25, -0.2) is 0 Å². The van der Waals surface area contributed by atoms with Gasteiger partial charge in [0, 0.05) is 26.5 Å². The van der Waals surface area contributed by atoms with Crippen LogP contribution in [0.15, 0.2) is 101 Å². The maximum absolute atomic E-state index is 12.4. The molecule has 0 heterocycles. The van der Waals surface area contributed by atoms with Gasteiger partial charge in [0.15, 0.2) is 0 Å². The molecule has 0 saturated carbocycles. The molecule has 0 spiro atoms. The van der Waals surface area contributed by atoms with E-state index in [1.54, 1.807) is 0 Å². The second-order valence-electron chi connectivity index (χ2n) is 14.5. The predicted molar refractivity (Wildman–Crippen MR) is 224 cm³/mol. The summed E-state index contributed by atoms with van der Waals surface area (Å²) < 4.78 is 0. The van der Waals surface area contributed by atoms with Crippen molar-refractivity contribution in [2.45, 2.75) is 114 Å². The first kappa shape index (κ1) is 36.0. The Kier molecular flexibility index (Phi) is 12.3. The SMILES string of the molecule is CCCCCCCCSc1cc(SCCCCCCCC)c(-c2cccc(-c3cccc4c3Cc3ccccc3-4)c2O)c2c1-c1ccccc1C2. The minimum Gasteiger partial charge on any atom is -0.507 e. The molecule has 5 aromatic carbocycles. The van der Waals surface area contributed by atoms with Crippen molar-refractivity contribution >= 4 is 23.5 Å². The van der Waals surface area contributed by atoms with E-state index in [0.717, 1.165) is 41.0 Å². The largest absolute Gasteiger partial charge is 0.507 e. The number of hydrogen-bond donors (Lipinski definition) is 1. The van der Waals surface area contributed by atoms with Gasteiger partial charge in [-0.05, 0) is 93.3 Å². The molecule has 1 nitrogen and oxygen atoms in total. The van der Waals surface area contributed by atoms with Crippen LogP contribution < -0.4 is 0 Å². The smallest absolute Gasteiger partial charge is 0.131 e. The van der Waals surface area contributed by atoms with Gasteiger partial charge in [0.2, 0.25) is 0 Å².